The van der Waals surface area contributed by atoms with Gasteiger partial charge < -0.3 is 19.9 Å². The zero-order valence-corrected chi connectivity index (χ0v) is 26.0. The molecule has 0 unspecified atom stereocenters. The van der Waals surface area contributed by atoms with Crippen LogP contribution >= 0.6 is 23.2 Å². The summed E-state index contributed by atoms with van der Waals surface area (Å²) in [4.78, 5) is 30.2. The fraction of sp³-hybridized carbons (Fsp3) is 0.278. The number of allylic oxidation sites excluding steroid dienone is 2. The first-order chi connectivity index (χ1) is 21.3. The lowest BCUT2D eigenvalue weighted by Gasteiger charge is -2.33. The summed E-state index contributed by atoms with van der Waals surface area (Å²) in [6.07, 6.45) is 7.79. The Morgan fingerprint density at radius 2 is 1.75 bits per heavy atom. The Kier molecular flexibility index (Phi) is 9.10. The Bertz CT molecular complexity index is 1640. The second-order valence-electron chi connectivity index (χ2n) is 11.5. The van der Waals surface area contributed by atoms with Crippen molar-refractivity contribution in [3.8, 4) is 5.75 Å². The quantitative estimate of drug-likeness (QED) is 0.265. The number of hydrogen-bond donors (Lipinski definition) is 1. The van der Waals surface area contributed by atoms with Crippen molar-refractivity contribution < 1.29 is 14.3 Å². The van der Waals surface area contributed by atoms with Gasteiger partial charge in [-0.1, -0.05) is 83.9 Å². The molecule has 2 fully saturated rings. The Balaban J connectivity index is 1.17. The summed E-state index contributed by atoms with van der Waals surface area (Å²) in [7, 11) is 0. The predicted octanol–water partition coefficient (Wildman–Crippen LogP) is 7.36. The largest absolute Gasteiger partial charge is 0.449 e. The maximum absolute atomic E-state index is 13.5. The topological polar surface area (TPSA) is 61.9 Å². The molecule has 3 aromatic carbocycles. The molecule has 1 N–H and O–H groups in total. The number of anilines is 1. The van der Waals surface area contributed by atoms with Crippen LogP contribution in [0.1, 0.15) is 42.4 Å². The molecule has 3 aromatic rings. The van der Waals surface area contributed by atoms with Crippen LogP contribution in [0.4, 0.5) is 5.69 Å². The molecule has 8 heteroatoms. The van der Waals surface area contributed by atoms with Crippen molar-refractivity contribution in [3.05, 3.63) is 124 Å². The number of para-hydroxylation sites is 2. The summed E-state index contributed by atoms with van der Waals surface area (Å²) in [5.41, 5.74) is 6.19. The van der Waals surface area contributed by atoms with Gasteiger partial charge in [-0.2, -0.15) is 0 Å². The summed E-state index contributed by atoms with van der Waals surface area (Å²) in [6.45, 7) is 7.32. The van der Waals surface area contributed by atoms with E-state index in [2.05, 4.69) is 41.1 Å². The van der Waals surface area contributed by atoms with Gasteiger partial charge >= 0.3 is 0 Å². The molecule has 1 atom stereocenters. The minimum absolute atomic E-state index is 0.165. The first kappa shape index (κ1) is 30.0. The Labute approximate surface area is 268 Å². The molecule has 0 aromatic heterocycles. The highest BCUT2D eigenvalue weighted by Gasteiger charge is 2.26. The number of ether oxygens (including phenoxy) is 1. The first-order valence-corrected chi connectivity index (χ1v) is 15.8. The van der Waals surface area contributed by atoms with Crippen molar-refractivity contribution in [2.45, 2.75) is 44.7 Å². The lowest BCUT2D eigenvalue weighted by Crippen LogP contribution is -2.38. The molecule has 6 rings (SSSR count). The smallest absolute Gasteiger partial charge is 0.287 e. The molecular weight excluding hydrogens is 593 g/mol. The lowest BCUT2D eigenvalue weighted by atomic mass is 9.97. The second-order valence-corrected chi connectivity index (χ2v) is 12.4. The van der Waals surface area contributed by atoms with Crippen molar-refractivity contribution in [3.63, 3.8) is 0 Å². The maximum atomic E-state index is 13.5. The van der Waals surface area contributed by atoms with E-state index in [1.807, 2.05) is 47.4 Å². The van der Waals surface area contributed by atoms with Crippen LogP contribution in [-0.4, -0.2) is 42.4 Å². The molecular formula is C36H35Cl2N3O3. The highest BCUT2D eigenvalue weighted by atomic mass is 35.5. The summed E-state index contributed by atoms with van der Waals surface area (Å²) < 4.78 is 5.97. The SMILES string of the molecule is C=C1C=C(C(=O)N[C@@H](C=C2CCN(c3ccccc3CN3CCCC3=O)CC2)Cc2ccc(Cl)cc2)Oc2c(Cl)cccc21. The monoisotopic (exact) mass is 627 g/mol. The molecule has 6 nitrogen and oxygen atoms in total. The zero-order chi connectivity index (χ0) is 30.6. The van der Waals surface area contributed by atoms with Crippen LogP contribution in [-0.2, 0) is 22.6 Å². The van der Waals surface area contributed by atoms with Gasteiger partial charge in [0.25, 0.3) is 5.91 Å². The van der Waals surface area contributed by atoms with Crippen LogP contribution in [0.3, 0.4) is 0 Å². The van der Waals surface area contributed by atoms with Gasteiger partial charge in [-0.25, -0.2) is 0 Å². The third-order valence-electron chi connectivity index (χ3n) is 8.45. The molecule has 3 aliphatic heterocycles. The average Bonchev–Trinajstić information content (AvgIpc) is 3.43. The molecule has 0 spiro atoms. The van der Waals surface area contributed by atoms with E-state index < -0.39 is 0 Å². The summed E-state index contributed by atoms with van der Waals surface area (Å²) in [6, 6.07) is 21.3. The average molecular weight is 629 g/mol. The Morgan fingerprint density at radius 1 is 0.977 bits per heavy atom. The van der Waals surface area contributed by atoms with E-state index in [0.29, 0.717) is 40.8 Å². The molecule has 0 aliphatic carbocycles. The van der Waals surface area contributed by atoms with Crippen LogP contribution in [0, 0.1) is 0 Å². The second kappa shape index (κ2) is 13.3. The third-order valence-corrected chi connectivity index (χ3v) is 9.00. The Hall–Kier alpha value is -4.00. The van der Waals surface area contributed by atoms with Gasteiger partial charge in [0.1, 0.15) is 0 Å². The van der Waals surface area contributed by atoms with Crippen LogP contribution in [0.2, 0.25) is 10.0 Å². The summed E-state index contributed by atoms with van der Waals surface area (Å²) in [5.74, 6) is 0.526. The van der Waals surface area contributed by atoms with E-state index in [1.165, 1.54) is 16.8 Å². The number of fused-ring (bicyclic) bond motifs is 1. The van der Waals surface area contributed by atoms with Crippen molar-refractivity contribution in [1.82, 2.24) is 10.2 Å². The van der Waals surface area contributed by atoms with Gasteiger partial charge in [0.2, 0.25) is 5.91 Å². The molecule has 0 radical (unpaired) electrons. The van der Waals surface area contributed by atoms with E-state index in [9.17, 15) is 9.59 Å². The van der Waals surface area contributed by atoms with E-state index in [-0.39, 0.29) is 23.6 Å². The van der Waals surface area contributed by atoms with Gasteiger partial charge in [-0.15, -0.1) is 0 Å². The van der Waals surface area contributed by atoms with Crippen LogP contribution in [0.15, 0.2) is 96.8 Å². The number of likely N-dealkylation sites (tertiary alicyclic amines) is 1. The minimum Gasteiger partial charge on any atom is -0.449 e. The van der Waals surface area contributed by atoms with Gasteiger partial charge in [-0.05, 0) is 72.7 Å². The normalized spacial score (nSPS) is 17.1. The minimum atomic E-state index is -0.324. The van der Waals surface area contributed by atoms with Gasteiger partial charge in [0.15, 0.2) is 11.5 Å². The van der Waals surface area contributed by atoms with Crippen molar-refractivity contribution in [2.24, 2.45) is 0 Å². The fourth-order valence-corrected chi connectivity index (χ4v) is 6.47. The number of carbonyl (C=O) groups is 2. The molecule has 226 valence electrons. The molecule has 3 heterocycles. The number of nitrogens with one attached hydrogen (secondary N) is 1. The fourth-order valence-electron chi connectivity index (χ4n) is 6.13. The number of carbonyl (C=O) groups excluding carboxylic acids is 2. The predicted molar refractivity (Wildman–Crippen MR) is 177 cm³/mol. The number of benzene rings is 3. The number of nitrogens with zero attached hydrogens (tertiary/aromatic N) is 2. The van der Waals surface area contributed by atoms with E-state index in [4.69, 9.17) is 27.9 Å². The van der Waals surface area contributed by atoms with Gasteiger partial charge in [-0.3, -0.25) is 9.59 Å². The Morgan fingerprint density at radius 3 is 2.50 bits per heavy atom. The lowest BCUT2D eigenvalue weighted by molar-refractivity contribution is -0.128. The molecule has 44 heavy (non-hydrogen) atoms. The van der Waals surface area contributed by atoms with Gasteiger partial charge in [0.05, 0.1) is 11.1 Å². The number of hydrogen-bond acceptors (Lipinski definition) is 4. The first-order valence-electron chi connectivity index (χ1n) is 15.1. The highest BCUT2D eigenvalue weighted by molar-refractivity contribution is 6.32. The van der Waals surface area contributed by atoms with Crippen molar-refractivity contribution in [2.75, 3.05) is 24.5 Å². The van der Waals surface area contributed by atoms with E-state index >= 15 is 0 Å². The molecule has 3 aliphatic rings. The standard InChI is InChI=1S/C36H35Cl2N3O3/c1-24-20-33(44-35-30(24)7-4-8-31(35)38)36(43)39-29(21-25-11-13-28(37)14-12-25)22-26-15-18-40(19-16-26)32-9-3-2-6-27(32)23-41-17-5-10-34(41)42/h2-4,6-9,11-14,20,22,29H,1,5,10,15-19,21,23H2,(H,39,43)/t29-/m1/s1. The van der Waals surface area contributed by atoms with E-state index in [0.717, 1.165) is 50.0 Å². The number of piperidine rings is 1. The van der Waals surface area contributed by atoms with Gasteiger partial charge in [0, 0.05) is 48.9 Å². The summed E-state index contributed by atoms with van der Waals surface area (Å²) in [5, 5.41) is 4.29. The van der Waals surface area contributed by atoms with Crippen molar-refractivity contribution >= 4 is 46.3 Å². The van der Waals surface area contributed by atoms with E-state index in [1.54, 1.807) is 12.1 Å². The third kappa shape index (κ3) is 6.87. The molecule has 0 saturated carbocycles. The zero-order valence-electron chi connectivity index (χ0n) is 24.5. The number of halogens is 2. The molecule has 2 saturated heterocycles. The maximum Gasteiger partial charge on any atom is 0.287 e. The molecule has 0 bridgehead atoms. The van der Waals surface area contributed by atoms with Crippen LogP contribution < -0.4 is 15.0 Å². The van der Waals surface area contributed by atoms with Crippen molar-refractivity contribution in [1.29, 1.82) is 0 Å². The number of rotatable bonds is 8. The molecule has 2 amide bonds. The summed E-state index contributed by atoms with van der Waals surface area (Å²) >= 11 is 12.5. The highest BCUT2D eigenvalue weighted by Crippen LogP contribution is 2.38. The number of amides is 2. The van der Waals surface area contributed by atoms with Crippen LogP contribution in [0.25, 0.3) is 5.57 Å². The van der Waals surface area contributed by atoms with Crippen LogP contribution in [0.5, 0.6) is 5.75 Å².